The smallest absolute Gasteiger partial charge is 0.227 e. The van der Waals surface area contributed by atoms with Gasteiger partial charge < -0.3 is 5.32 Å². The van der Waals surface area contributed by atoms with Gasteiger partial charge in [0.1, 0.15) is 5.82 Å². The first-order valence-electron chi connectivity index (χ1n) is 11.3. The Morgan fingerprint density at radius 3 is 2.33 bits per heavy atom. The summed E-state index contributed by atoms with van der Waals surface area (Å²) < 4.78 is 41.1. The van der Waals surface area contributed by atoms with Crippen molar-refractivity contribution in [2.75, 3.05) is 18.4 Å². The van der Waals surface area contributed by atoms with Crippen LogP contribution in [0, 0.1) is 11.7 Å². The average Bonchev–Trinajstić information content (AvgIpc) is 2.87. The van der Waals surface area contributed by atoms with Crippen molar-refractivity contribution in [1.29, 1.82) is 0 Å². The number of carbonyl (C=O) groups excluding carboxylic acids is 2. The fourth-order valence-electron chi connectivity index (χ4n) is 4.13. The van der Waals surface area contributed by atoms with E-state index in [1.165, 1.54) is 28.6 Å². The molecule has 0 saturated carbocycles. The maximum Gasteiger partial charge on any atom is 0.227 e. The van der Waals surface area contributed by atoms with Gasteiger partial charge in [0.2, 0.25) is 15.9 Å². The number of benzene rings is 3. The first-order valence-corrected chi connectivity index (χ1v) is 13.6. The first-order chi connectivity index (χ1) is 17.2. The van der Waals surface area contributed by atoms with E-state index in [-0.39, 0.29) is 53.8 Å². The lowest BCUT2D eigenvalue weighted by Crippen LogP contribution is -2.42. The number of anilines is 1. The SMILES string of the molecule is O=C(c1ccccc1)c1cc(Cl)ccc1NC(=O)C1CCN(S(=O)(=O)Cc2c(F)cccc2Cl)CC1. The molecule has 1 N–H and O–H groups in total. The van der Waals surface area contributed by atoms with Crippen molar-refractivity contribution in [3.05, 3.63) is 99.3 Å². The van der Waals surface area contributed by atoms with Gasteiger partial charge in [-0.3, -0.25) is 9.59 Å². The van der Waals surface area contributed by atoms with E-state index < -0.39 is 27.5 Å². The van der Waals surface area contributed by atoms with Gasteiger partial charge in [-0.1, -0.05) is 59.6 Å². The van der Waals surface area contributed by atoms with Crippen LogP contribution in [0.5, 0.6) is 0 Å². The van der Waals surface area contributed by atoms with Gasteiger partial charge in [-0.15, -0.1) is 0 Å². The minimum absolute atomic E-state index is 0.0525. The number of hydrogen-bond acceptors (Lipinski definition) is 4. The highest BCUT2D eigenvalue weighted by Crippen LogP contribution is 2.28. The second kappa shape index (κ2) is 11.1. The largest absolute Gasteiger partial charge is 0.325 e. The third-order valence-electron chi connectivity index (χ3n) is 6.13. The second-order valence-electron chi connectivity index (χ2n) is 8.50. The Hall–Kier alpha value is -2.78. The summed E-state index contributed by atoms with van der Waals surface area (Å²) in [6.45, 7) is 0.228. The maximum atomic E-state index is 14.1. The lowest BCUT2D eigenvalue weighted by Gasteiger charge is -2.30. The molecule has 3 aromatic rings. The Morgan fingerprint density at radius 1 is 0.972 bits per heavy atom. The molecule has 0 atom stereocenters. The van der Waals surface area contributed by atoms with E-state index in [0.717, 1.165) is 0 Å². The van der Waals surface area contributed by atoms with E-state index >= 15 is 0 Å². The van der Waals surface area contributed by atoms with Gasteiger partial charge in [-0.05, 0) is 43.2 Å². The third-order valence-corrected chi connectivity index (χ3v) is 8.52. The first kappa shape index (κ1) is 26.3. The summed E-state index contributed by atoms with van der Waals surface area (Å²) in [4.78, 5) is 26.0. The summed E-state index contributed by atoms with van der Waals surface area (Å²) in [5.74, 6) is -2.27. The maximum absolute atomic E-state index is 14.1. The molecule has 10 heteroatoms. The quantitative estimate of drug-likeness (QED) is 0.392. The highest BCUT2D eigenvalue weighted by Gasteiger charge is 2.32. The van der Waals surface area contributed by atoms with Crippen LogP contribution in [-0.4, -0.2) is 37.5 Å². The summed E-state index contributed by atoms with van der Waals surface area (Å²) in [6.07, 6.45) is 0.567. The van der Waals surface area contributed by atoms with Gasteiger partial charge >= 0.3 is 0 Å². The molecule has 0 bridgehead atoms. The van der Waals surface area contributed by atoms with Crippen LogP contribution in [0.3, 0.4) is 0 Å². The van der Waals surface area contributed by atoms with E-state index in [1.807, 2.05) is 0 Å². The van der Waals surface area contributed by atoms with Crippen LogP contribution in [0.1, 0.15) is 34.3 Å². The molecule has 1 aliphatic heterocycles. The van der Waals surface area contributed by atoms with Crippen molar-refractivity contribution < 1.29 is 22.4 Å². The molecule has 0 spiro atoms. The van der Waals surface area contributed by atoms with E-state index in [1.54, 1.807) is 42.5 Å². The topological polar surface area (TPSA) is 83.6 Å². The van der Waals surface area contributed by atoms with Crippen LogP contribution in [-0.2, 0) is 20.6 Å². The zero-order chi connectivity index (χ0) is 25.9. The molecule has 0 aromatic heterocycles. The van der Waals surface area contributed by atoms with Crippen molar-refractivity contribution in [3.8, 4) is 0 Å². The molecular weight excluding hydrogens is 526 g/mol. The number of carbonyl (C=O) groups is 2. The molecule has 6 nitrogen and oxygen atoms in total. The number of rotatable bonds is 7. The minimum Gasteiger partial charge on any atom is -0.325 e. The molecule has 1 heterocycles. The van der Waals surface area contributed by atoms with Crippen LogP contribution in [0.15, 0.2) is 66.7 Å². The van der Waals surface area contributed by atoms with E-state index in [0.29, 0.717) is 16.3 Å². The van der Waals surface area contributed by atoms with Crippen molar-refractivity contribution >= 4 is 50.6 Å². The van der Waals surface area contributed by atoms with Crippen LogP contribution >= 0.6 is 23.2 Å². The van der Waals surface area contributed by atoms with Crippen LogP contribution in [0.25, 0.3) is 0 Å². The molecule has 3 aromatic carbocycles. The zero-order valence-electron chi connectivity index (χ0n) is 19.1. The van der Waals surface area contributed by atoms with Crippen molar-refractivity contribution in [2.45, 2.75) is 18.6 Å². The van der Waals surface area contributed by atoms with Crippen molar-refractivity contribution in [3.63, 3.8) is 0 Å². The number of nitrogens with zero attached hydrogens (tertiary/aromatic N) is 1. The van der Waals surface area contributed by atoms with Gasteiger partial charge in [0.25, 0.3) is 0 Å². The summed E-state index contributed by atoms with van der Waals surface area (Å²) >= 11 is 12.1. The van der Waals surface area contributed by atoms with Gasteiger partial charge in [0.05, 0.1) is 11.4 Å². The Labute approximate surface area is 219 Å². The number of amides is 1. The van der Waals surface area contributed by atoms with Crippen LogP contribution in [0.2, 0.25) is 10.0 Å². The number of halogens is 3. The molecule has 4 rings (SSSR count). The standard InChI is InChI=1S/C26H23Cl2FN2O4S/c27-19-9-10-24(20(15-19)25(32)17-5-2-1-3-6-17)30-26(33)18-11-13-31(14-12-18)36(34,35)16-21-22(28)7-4-8-23(21)29/h1-10,15,18H,11-14,16H2,(H,30,33). The van der Waals surface area contributed by atoms with Crippen LogP contribution < -0.4 is 5.32 Å². The van der Waals surface area contributed by atoms with Gasteiger partial charge in [-0.2, -0.15) is 0 Å². The lowest BCUT2D eigenvalue weighted by atomic mass is 9.96. The summed E-state index contributed by atoms with van der Waals surface area (Å²) in [5.41, 5.74) is 0.993. The molecule has 188 valence electrons. The number of nitrogens with one attached hydrogen (secondary N) is 1. The van der Waals surface area contributed by atoms with Crippen molar-refractivity contribution in [1.82, 2.24) is 4.31 Å². The van der Waals surface area contributed by atoms with Gasteiger partial charge in [0, 0.05) is 45.7 Å². The lowest BCUT2D eigenvalue weighted by molar-refractivity contribution is -0.120. The zero-order valence-corrected chi connectivity index (χ0v) is 21.4. The Kier molecular flexibility index (Phi) is 8.10. The Morgan fingerprint density at radius 2 is 1.67 bits per heavy atom. The molecule has 0 aliphatic carbocycles. The predicted octanol–water partition coefficient (Wildman–Crippen LogP) is 5.54. The fourth-order valence-corrected chi connectivity index (χ4v) is 6.22. The summed E-state index contributed by atoms with van der Waals surface area (Å²) in [5, 5.41) is 3.23. The highest BCUT2D eigenvalue weighted by molar-refractivity contribution is 7.88. The molecule has 36 heavy (non-hydrogen) atoms. The van der Waals surface area contributed by atoms with E-state index in [4.69, 9.17) is 23.2 Å². The molecule has 0 radical (unpaired) electrons. The van der Waals surface area contributed by atoms with E-state index in [2.05, 4.69) is 5.32 Å². The predicted molar refractivity (Wildman–Crippen MR) is 138 cm³/mol. The van der Waals surface area contributed by atoms with E-state index in [9.17, 15) is 22.4 Å². The number of piperidine rings is 1. The average molecular weight is 549 g/mol. The number of sulfonamides is 1. The Bertz CT molecular complexity index is 1370. The minimum atomic E-state index is -3.82. The Balaban J connectivity index is 1.42. The molecule has 1 amide bonds. The number of hydrogen-bond donors (Lipinski definition) is 1. The highest BCUT2D eigenvalue weighted by atomic mass is 35.5. The second-order valence-corrected chi connectivity index (χ2v) is 11.3. The van der Waals surface area contributed by atoms with Gasteiger partial charge in [-0.25, -0.2) is 17.1 Å². The molecule has 1 aliphatic rings. The fraction of sp³-hybridized carbons (Fsp3) is 0.231. The number of ketones is 1. The molecular formula is C26H23Cl2FN2O4S. The van der Waals surface area contributed by atoms with Crippen LogP contribution in [0.4, 0.5) is 10.1 Å². The summed E-state index contributed by atoms with van der Waals surface area (Å²) in [7, 11) is -3.82. The molecule has 0 unspecified atom stereocenters. The molecule has 1 fully saturated rings. The molecule has 1 saturated heterocycles. The monoisotopic (exact) mass is 548 g/mol. The third kappa shape index (κ3) is 5.95. The van der Waals surface area contributed by atoms with Gasteiger partial charge in [0.15, 0.2) is 5.78 Å². The van der Waals surface area contributed by atoms with Crippen molar-refractivity contribution in [2.24, 2.45) is 5.92 Å². The summed E-state index contributed by atoms with van der Waals surface area (Å²) in [6, 6.07) is 17.4. The normalized spacial score (nSPS) is 15.0.